The molecule has 0 radical (unpaired) electrons. The third kappa shape index (κ3) is 6.63. The van der Waals surface area contributed by atoms with Crippen LogP contribution in [0.5, 0.6) is 0 Å². The van der Waals surface area contributed by atoms with E-state index in [4.69, 9.17) is 5.73 Å². The lowest BCUT2D eigenvalue weighted by Crippen LogP contribution is -2.46. The average molecular weight is 430 g/mol. The van der Waals surface area contributed by atoms with Crippen molar-refractivity contribution >= 4 is 28.3 Å². The van der Waals surface area contributed by atoms with Gasteiger partial charge in [0.15, 0.2) is 0 Å². The Kier molecular flexibility index (Phi) is 8.52. The SMILES string of the molecule is Cl.NCCNC(=O)C1CCCN(S(=O)(=O)c2ccc(CC(F)(F)F)cc2)C1. The maximum Gasteiger partial charge on any atom is 0.393 e. The predicted octanol–water partition coefficient (Wildman–Crippen LogP) is 1.69. The zero-order valence-electron chi connectivity index (χ0n) is 14.5. The topological polar surface area (TPSA) is 92.5 Å². The van der Waals surface area contributed by atoms with Crippen molar-refractivity contribution < 1.29 is 26.4 Å². The van der Waals surface area contributed by atoms with E-state index < -0.39 is 28.5 Å². The lowest BCUT2D eigenvalue weighted by atomic mass is 9.99. The third-order valence-corrected chi connectivity index (χ3v) is 6.04. The van der Waals surface area contributed by atoms with Crippen molar-refractivity contribution in [1.29, 1.82) is 0 Å². The fourth-order valence-electron chi connectivity index (χ4n) is 2.87. The number of nitrogens with two attached hydrogens (primary N) is 1. The van der Waals surface area contributed by atoms with Gasteiger partial charge in [-0.25, -0.2) is 8.42 Å². The van der Waals surface area contributed by atoms with Crippen molar-refractivity contribution in [2.45, 2.75) is 30.3 Å². The highest BCUT2D eigenvalue weighted by Gasteiger charge is 2.33. The molecule has 0 aliphatic carbocycles. The van der Waals surface area contributed by atoms with Gasteiger partial charge in [-0.2, -0.15) is 17.5 Å². The van der Waals surface area contributed by atoms with E-state index in [0.29, 0.717) is 25.9 Å². The molecule has 3 N–H and O–H groups in total. The largest absolute Gasteiger partial charge is 0.393 e. The van der Waals surface area contributed by atoms with E-state index in [1.807, 2.05) is 0 Å². The second kappa shape index (κ2) is 9.72. The van der Waals surface area contributed by atoms with Crippen LogP contribution in [0.25, 0.3) is 0 Å². The number of nitrogens with zero attached hydrogens (tertiary/aromatic N) is 1. The molecular formula is C16H23ClF3N3O3S. The first kappa shape index (κ1) is 23.7. The summed E-state index contributed by atoms with van der Waals surface area (Å²) in [6, 6.07) is 4.68. The number of hydrogen-bond donors (Lipinski definition) is 2. The number of sulfonamides is 1. The highest BCUT2D eigenvalue weighted by molar-refractivity contribution is 7.89. The van der Waals surface area contributed by atoms with E-state index >= 15 is 0 Å². The number of carbonyl (C=O) groups excluding carboxylic acids is 1. The van der Waals surface area contributed by atoms with Crippen molar-refractivity contribution in [2.75, 3.05) is 26.2 Å². The monoisotopic (exact) mass is 429 g/mol. The van der Waals surface area contributed by atoms with Crippen LogP contribution < -0.4 is 11.1 Å². The first-order chi connectivity index (χ1) is 12.1. The molecule has 2 rings (SSSR count). The minimum Gasteiger partial charge on any atom is -0.355 e. The highest BCUT2D eigenvalue weighted by Crippen LogP contribution is 2.26. The van der Waals surface area contributed by atoms with E-state index in [1.165, 1.54) is 16.4 Å². The Morgan fingerprint density at radius 3 is 2.44 bits per heavy atom. The molecule has 0 spiro atoms. The van der Waals surface area contributed by atoms with Crippen molar-refractivity contribution in [1.82, 2.24) is 9.62 Å². The summed E-state index contributed by atoms with van der Waals surface area (Å²) in [6.07, 6.45) is -4.35. The Morgan fingerprint density at radius 1 is 1.26 bits per heavy atom. The normalized spacial score (nSPS) is 18.6. The molecule has 1 fully saturated rings. The molecule has 1 amide bonds. The molecule has 0 aromatic heterocycles. The summed E-state index contributed by atoms with van der Waals surface area (Å²) in [5.41, 5.74) is 5.33. The Bertz CT molecular complexity index is 727. The molecule has 6 nitrogen and oxygen atoms in total. The summed E-state index contributed by atoms with van der Waals surface area (Å²) < 4.78 is 63.9. The van der Waals surface area contributed by atoms with Gasteiger partial charge >= 0.3 is 6.18 Å². The predicted molar refractivity (Wildman–Crippen MR) is 97.0 cm³/mol. The van der Waals surface area contributed by atoms with Crippen LogP contribution in [-0.4, -0.2) is 51.0 Å². The lowest BCUT2D eigenvalue weighted by Gasteiger charge is -2.31. The molecule has 1 aromatic rings. The fourth-order valence-corrected chi connectivity index (χ4v) is 4.40. The van der Waals surface area contributed by atoms with Gasteiger partial charge in [0.2, 0.25) is 15.9 Å². The molecule has 1 aromatic carbocycles. The van der Waals surface area contributed by atoms with E-state index in [2.05, 4.69) is 5.32 Å². The summed E-state index contributed by atoms with van der Waals surface area (Å²) in [5, 5.41) is 2.65. The van der Waals surface area contributed by atoms with Gasteiger partial charge < -0.3 is 11.1 Å². The summed E-state index contributed by atoms with van der Waals surface area (Å²) in [5.74, 6) is -0.703. The van der Waals surface area contributed by atoms with Gasteiger partial charge in [0.25, 0.3) is 0 Å². The van der Waals surface area contributed by atoms with Crippen LogP contribution in [-0.2, 0) is 21.2 Å². The minimum absolute atomic E-state index is 0. The molecule has 0 saturated carbocycles. The van der Waals surface area contributed by atoms with Crippen molar-refractivity contribution in [3.05, 3.63) is 29.8 Å². The smallest absolute Gasteiger partial charge is 0.355 e. The van der Waals surface area contributed by atoms with Gasteiger partial charge in [-0.15, -0.1) is 12.4 Å². The van der Waals surface area contributed by atoms with Gasteiger partial charge in [-0.1, -0.05) is 12.1 Å². The molecule has 1 aliphatic rings. The third-order valence-electron chi connectivity index (χ3n) is 4.16. The van der Waals surface area contributed by atoms with Crippen molar-refractivity contribution in [2.24, 2.45) is 11.7 Å². The first-order valence-electron chi connectivity index (χ1n) is 8.27. The van der Waals surface area contributed by atoms with Crippen LogP contribution in [0, 0.1) is 5.92 Å². The molecule has 27 heavy (non-hydrogen) atoms. The number of benzene rings is 1. The number of alkyl halides is 3. The Balaban J connectivity index is 0.00000364. The highest BCUT2D eigenvalue weighted by atomic mass is 35.5. The van der Waals surface area contributed by atoms with Crippen LogP contribution in [0.3, 0.4) is 0 Å². The number of nitrogens with one attached hydrogen (secondary N) is 1. The standard InChI is InChI=1S/C16H22F3N3O3S.ClH/c17-16(18,19)10-12-3-5-14(6-4-12)26(24,25)22-9-1-2-13(11-22)15(23)21-8-7-20;/h3-6,13H,1-2,7-11,20H2,(H,21,23);1H. The zero-order chi connectivity index (χ0) is 19.4. The van der Waals surface area contributed by atoms with Crippen LogP contribution in [0.1, 0.15) is 18.4 Å². The second-order valence-corrected chi connectivity index (χ2v) is 8.16. The van der Waals surface area contributed by atoms with Crippen LogP contribution in [0.15, 0.2) is 29.2 Å². The number of carbonyl (C=O) groups is 1. The quantitative estimate of drug-likeness (QED) is 0.719. The van der Waals surface area contributed by atoms with Gasteiger partial charge in [0.05, 0.1) is 17.2 Å². The molecule has 1 aliphatic heterocycles. The minimum atomic E-state index is -4.35. The lowest BCUT2D eigenvalue weighted by molar-refractivity contribution is -0.127. The summed E-state index contributed by atoms with van der Waals surface area (Å²) >= 11 is 0. The molecular weight excluding hydrogens is 407 g/mol. The molecule has 1 heterocycles. The Labute approximate surface area is 162 Å². The van der Waals surface area contributed by atoms with Crippen LogP contribution in [0.2, 0.25) is 0 Å². The van der Waals surface area contributed by atoms with Crippen LogP contribution >= 0.6 is 12.4 Å². The van der Waals surface area contributed by atoms with E-state index in [9.17, 15) is 26.4 Å². The van der Waals surface area contributed by atoms with Gasteiger partial charge in [-0.05, 0) is 30.5 Å². The molecule has 1 unspecified atom stereocenters. The Morgan fingerprint density at radius 2 is 1.89 bits per heavy atom. The van der Waals surface area contributed by atoms with E-state index in [1.54, 1.807) is 0 Å². The van der Waals surface area contributed by atoms with E-state index in [-0.39, 0.29) is 41.9 Å². The summed E-state index contributed by atoms with van der Waals surface area (Å²) in [7, 11) is -3.86. The van der Waals surface area contributed by atoms with Crippen LogP contribution in [0.4, 0.5) is 13.2 Å². The van der Waals surface area contributed by atoms with Crippen molar-refractivity contribution in [3.8, 4) is 0 Å². The Hall–Kier alpha value is -1.36. The summed E-state index contributed by atoms with van der Waals surface area (Å²) in [4.78, 5) is 12.0. The second-order valence-electron chi connectivity index (χ2n) is 6.22. The van der Waals surface area contributed by atoms with E-state index in [0.717, 1.165) is 12.1 Å². The maximum absolute atomic E-state index is 12.7. The first-order valence-corrected chi connectivity index (χ1v) is 9.71. The number of halogens is 4. The van der Waals surface area contributed by atoms with Gasteiger partial charge in [0, 0.05) is 26.2 Å². The fraction of sp³-hybridized carbons (Fsp3) is 0.562. The maximum atomic E-state index is 12.7. The molecule has 154 valence electrons. The number of hydrogen-bond acceptors (Lipinski definition) is 4. The zero-order valence-corrected chi connectivity index (χ0v) is 16.2. The molecule has 0 bridgehead atoms. The number of piperidine rings is 1. The average Bonchev–Trinajstić information content (AvgIpc) is 2.59. The molecule has 1 atom stereocenters. The number of amides is 1. The van der Waals surface area contributed by atoms with Gasteiger partial charge in [0.1, 0.15) is 0 Å². The van der Waals surface area contributed by atoms with Gasteiger partial charge in [-0.3, -0.25) is 4.79 Å². The number of rotatable bonds is 6. The molecule has 1 saturated heterocycles. The summed E-state index contributed by atoms with van der Waals surface area (Å²) in [6.45, 7) is 0.934. The molecule has 11 heteroatoms. The van der Waals surface area contributed by atoms with Crippen molar-refractivity contribution in [3.63, 3.8) is 0 Å².